The van der Waals surface area contributed by atoms with Gasteiger partial charge in [0.15, 0.2) is 6.29 Å². The predicted molar refractivity (Wildman–Crippen MR) is 78.0 cm³/mol. The molecule has 1 saturated heterocycles. The molecule has 23 heavy (non-hydrogen) atoms. The first-order valence-electron chi connectivity index (χ1n) is 6.95. The standard InChI is InChI=1S/C14H20O8S/c1-8-3-5-9(6-4-8)23(18,19)21-7-10-11(15)12(16)13(17)14(20-2)22-10/h3-6,10-17H,7H2,1-2H3/t10-,11-,12-,13+,14-/m0/s1. The van der Waals surface area contributed by atoms with Gasteiger partial charge in [0, 0.05) is 7.11 Å². The van der Waals surface area contributed by atoms with Gasteiger partial charge in [0.25, 0.3) is 10.1 Å². The fourth-order valence-corrected chi connectivity index (χ4v) is 3.10. The summed E-state index contributed by atoms with van der Waals surface area (Å²) in [5.74, 6) is 0. The van der Waals surface area contributed by atoms with Crippen LogP contribution in [-0.4, -0.2) is 68.2 Å². The zero-order valence-electron chi connectivity index (χ0n) is 12.7. The predicted octanol–water partition coefficient (Wildman–Crippen LogP) is -0.846. The molecule has 5 atom stereocenters. The molecule has 0 aliphatic carbocycles. The van der Waals surface area contributed by atoms with E-state index < -0.39 is 47.4 Å². The molecular weight excluding hydrogens is 328 g/mol. The lowest BCUT2D eigenvalue weighted by atomic mass is 9.99. The van der Waals surface area contributed by atoms with Crippen LogP contribution in [0.3, 0.4) is 0 Å². The first-order valence-corrected chi connectivity index (χ1v) is 8.35. The fraction of sp³-hybridized carbons (Fsp3) is 0.571. The third kappa shape index (κ3) is 4.07. The zero-order valence-corrected chi connectivity index (χ0v) is 13.5. The van der Waals surface area contributed by atoms with Gasteiger partial charge in [-0.1, -0.05) is 17.7 Å². The summed E-state index contributed by atoms with van der Waals surface area (Å²) in [7, 11) is -2.78. The van der Waals surface area contributed by atoms with Gasteiger partial charge in [-0.2, -0.15) is 8.42 Å². The molecule has 0 radical (unpaired) electrons. The minimum atomic E-state index is -4.03. The Balaban J connectivity index is 2.05. The lowest BCUT2D eigenvalue weighted by Gasteiger charge is -2.39. The van der Waals surface area contributed by atoms with Crippen LogP contribution in [0.5, 0.6) is 0 Å². The SMILES string of the molecule is CO[C@H]1O[C@@H](COS(=O)(=O)c2ccc(C)cc2)[C@H](O)[C@H](O)[C@H]1O. The molecule has 3 N–H and O–H groups in total. The van der Waals surface area contributed by atoms with E-state index in [-0.39, 0.29) is 4.90 Å². The molecule has 0 unspecified atom stereocenters. The van der Waals surface area contributed by atoms with E-state index in [1.165, 1.54) is 19.2 Å². The molecule has 0 spiro atoms. The monoisotopic (exact) mass is 348 g/mol. The second-order valence-corrected chi connectivity index (χ2v) is 6.92. The van der Waals surface area contributed by atoms with Gasteiger partial charge in [-0.25, -0.2) is 0 Å². The number of methoxy groups -OCH3 is 1. The maximum Gasteiger partial charge on any atom is 0.297 e. The lowest BCUT2D eigenvalue weighted by Crippen LogP contribution is -2.59. The van der Waals surface area contributed by atoms with Crippen molar-refractivity contribution in [1.82, 2.24) is 0 Å². The minimum absolute atomic E-state index is 0.0303. The molecule has 8 nitrogen and oxygen atoms in total. The van der Waals surface area contributed by atoms with E-state index in [4.69, 9.17) is 13.7 Å². The fourth-order valence-electron chi connectivity index (χ4n) is 2.18. The summed E-state index contributed by atoms with van der Waals surface area (Å²) in [5.41, 5.74) is 0.898. The number of hydrogen-bond acceptors (Lipinski definition) is 8. The number of ether oxygens (including phenoxy) is 2. The minimum Gasteiger partial charge on any atom is -0.387 e. The maximum atomic E-state index is 12.1. The van der Waals surface area contributed by atoms with E-state index >= 15 is 0 Å². The molecule has 2 rings (SSSR count). The Morgan fingerprint density at radius 2 is 1.70 bits per heavy atom. The Labute approximate surface area is 134 Å². The molecule has 130 valence electrons. The van der Waals surface area contributed by atoms with E-state index in [2.05, 4.69) is 0 Å². The van der Waals surface area contributed by atoms with Crippen molar-refractivity contribution >= 4 is 10.1 Å². The summed E-state index contributed by atoms with van der Waals surface area (Å²) in [4.78, 5) is -0.0303. The number of benzene rings is 1. The van der Waals surface area contributed by atoms with Gasteiger partial charge in [0.2, 0.25) is 0 Å². The molecule has 1 aromatic carbocycles. The van der Waals surface area contributed by atoms with Crippen LogP contribution >= 0.6 is 0 Å². The highest BCUT2D eigenvalue weighted by molar-refractivity contribution is 7.86. The highest BCUT2D eigenvalue weighted by Crippen LogP contribution is 2.23. The van der Waals surface area contributed by atoms with Crippen LogP contribution in [0.15, 0.2) is 29.2 Å². The zero-order chi connectivity index (χ0) is 17.2. The van der Waals surface area contributed by atoms with Crippen molar-refractivity contribution in [3.8, 4) is 0 Å². The van der Waals surface area contributed by atoms with E-state index in [1.54, 1.807) is 12.1 Å². The Morgan fingerprint density at radius 1 is 1.09 bits per heavy atom. The van der Waals surface area contributed by atoms with Gasteiger partial charge >= 0.3 is 0 Å². The maximum absolute atomic E-state index is 12.1. The van der Waals surface area contributed by atoms with E-state index in [0.717, 1.165) is 5.56 Å². The van der Waals surface area contributed by atoms with Gasteiger partial charge in [-0.15, -0.1) is 0 Å². The average molecular weight is 348 g/mol. The number of aliphatic hydroxyl groups is 3. The van der Waals surface area contributed by atoms with Gasteiger partial charge in [0.1, 0.15) is 24.4 Å². The molecule has 0 saturated carbocycles. The van der Waals surface area contributed by atoms with E-state index in [1.807, 2.05) is 6.92 Å². The normalized spacial score (nSPS) is 32.0. The first-order chi connectivity index (χ1) is 10.8. The van der Waals surface area contributed by atoms with Crippen LogP contribution in [0.25, 0.3) is 0 Å². The highest BCUT2D eigenvalue weighted by atomic mass is 32.2. The first kappa shape index (κ1) is 18.3. The summed E-state index contributed by atoms with van der Waals surface area (Å²) in [6.07, 6.45) is -6.85. The Morgan fingerprint density at radius 3 is 2.26 bits per heavy atom. The Bertz CT molecular complexity index is 612. The van der Waals surface area contributed by atoms with E-state index in [0.29, 0.717) is 0 Å². The van der Waals surface area contributed by atoms with Crippen molar-refractivity contribution in [3.05, 3.63) is 29.8 Å². The van der Waals surface area contributed by atoms with Crippen LogP contribution in [-0.2, 0) is 23.8 Å². The topological polar surface area (TPSA) is 123 Å². The smallest absolute Gasteiger partial charge is 0.297 e. The number of aliphatic hydroxyl groups excluding tert-OH is 3. The molecule has 0 bridgehead atoms. The molecular formula is C14H20O8S. The molecule has 1 aromatic rings. The van der Waals surface area contributed by atoms with Gasteiger partial charge < -0.3 is 24.8 Å². The van der Waals surface area contributed by atoms with Crippen molar-refractivity contribution in [2.75, 3.05) is 13.7 Å². The third-order valence-electron chi connectivity index (χ3n) is 3.60. The largest absolute Gasteiger partial charge is 0.387 e. The molecule has 1 aliphatic heterocycles. The molecule has 1 fully saturated rings. The number of hydrogen-bond donors (Lipinski definition) is 3. The molecule has 1 aliphatic rings. The Kier molecular flexibility index (Phi) is 5.74. The van der Waals surface area contributed by atoms with Crippen molar-refractivity contribution in [2.45, 2.75) is 42.5 Å². The van der Waals surface area contributed by atoms with Gasteiger partial charge in [-0.3, -0.25) is 4.18 Å². The third-order valence-corrected chi connectivity index (χ3v) is 4.89. The van der Waals surface area contributed by atoms with Crippen molar-refractivity contribution < 1.29 is 37.4 Å². The molecule has 0 amide bonds. The van der Waals surface area contributed by atoms with Crippen molar-refractivity contribution in [1.29, 1.82) is 0 Å². The van der Waals surface area contributed by atoms with Crippen LogP contribution in [0.2, 0.25) is 0 Å². The summed E-state index contributed by atoms with van der Waals surface area (Å²) >= 11 is 0. The lowest BCUT2D eigenvalue weighted by molar-refractivity contribution is -0.293. The van der Waals surface area contributed by atoms with Crippen LogP contribution in [0, 0.1) is 6.92 Å². The molecule has 1 heterocycles. The highest BCUT2D eigenvalue weighted by Gasteiger charge is 2.44. The summed E-state index contributed by atoms with van der Waals surface area (Å²) < 4.78 is 39.1. The second-order valence-electron chi connectivity index (χ2n) is 5.30. The number of aryl methyl sites for hydroxylation is 1. The van der Waals surface area contributed by atoms with Crippen molar-refractivity contribution in [2.24, 2.45) is 0 Å². The van der Waals surface area contributed by atoms with Crippen molar-refractivity contribution in [3.63, 3.8) is 0 Å². The van der Waals surface area contributed by atoms with Gasteiger partial charge in [0.05, 0.1) is 11.5 Å². The van der Waals surface area contributed by atoms with Crippen LogP contribution in [0.4, 0.5) is 0 Å². The summed E-state index contributed by atoms with van der Waals surface area (Å²) in [6, 6.07) is 6.06. The average Bonchev–Trinajstić information content (AvgIpc) is 2.52. The molecule has 0 aromatic heterocycles. The summed E-state index contributed by atoms with van der Waals surface area (Å²) in [6.45, 7) is 1.29. The Hall–Kier alpha value is -1.07. The van der Waals surface area contributed by atoms with Crippen LogP contribution < -0.4 is 0 Å². The number of rotatable bonds is 5. The summed E-state index contributed by atoms with van der Waals surface area (Å²) in [5, 5.41) is 29.2. The quantitative estimate of drug-likeness (QED) is 0.589. The molecule has 9 heteroatoms. The second kappa shape index (κ2) is 7.22. The van der Waals surface area contributed by atoms with Crippen LogP contribution in [0.1, 0.15) is 5.56 Å². The van der Waals surface area contributed by atoms with Gasteiger partial charge in [-0.05, 0) is 19.1 Å². The van der Waals surface area contributed by atoms with E-state index in [9.17, 15) is 23.7 Å².